The molecule has 3 aliphatic heterocycles. The van der Waals surface area contributed by atoms with Gasteiger partial charge in [0.05, 0.1) is 5.60 Å². The molecule has 3 nitrogen and oxygen atoms in total. The van der Waals surface area contributed by atoms with E-state index >= 15 is 0 Å². The molecule has 3 unspecified atom stereocenters. The van der Waals surface area contributed by atoms with Crippen molar-refractivity contribution in [3.8, 4) is 0 Å². The van der Waals surface area contributed by atoms with Crippen LogP contribution in [0.15, 0.2) is 0 Å². The van der Waals surface area contributed by atoms with Crippen molar-refractivity contribution >= 4 is 23.5 Å². The number of nitrogens with one attached hydrogen (secondary N) is 1. The van der Waals surface area contributed by atoms with Crippen LogP contribution in [0, 0.1) is 5.92 Å². The highest BCUT2D eigenvalue weighted by molar-refractivity contribution is 8.06. The normalized spacial score (nSPS) is 35.9. The summed E-state index contributed by atoms with van der Waals surface area (Å²) in [5, 5.41) is 4.42. The second-order valence-electron chi connectivity index (χ2n) is 6.20. The van der Waals surface area contributed by atoms with Gasteiger partial charge in [0.1, 0.15) is 0 Å². The van der Waals surface area contributed by atoms with Gasteiger partial charge < -0.3 is 14.8 Å². The fourth-order valence-electron chi connectivity index (χ4n) is 3.90. The number of thioether (sulfide) groups is 2. The van der Waals surface area contributed by atoms with E-state index in [1.165, 1.54) is 30.1 Å². The maximum absolute atomic E-state index is 6.20. The molecule has 0 saturated carbocycles. The Hall–Kier alpha value is 0.580. The van der Waals surface area contributed by atoms with Gasteiger partial charge in [-0.25, -0.2) is 0 Å². The molecule has 5 heteroatoms. The van der Waals surface area contributed by atoms with E-state index < -0.39 is 0 Å². The first-order chi connectivity index (χ1) is 9.83. The van der Waals surface area contributed by atoms with E-state index in [9.17, 15) is 0 Å². The van der Waals surface area contributed by atoms with Crippen LogP contribution in [0.1, 0.15) is 25.7 Å². The molecule has 0 aromatic heterocycles. The van der Waals surface area contributed by atoms with E-state index in [0.717, 1.165) is 43.8 Å². The highest BCUT2D eigenvalue weighted by Crippen LogP contribution is 2.41. The van der Waals surface area contributed by atoms with Crippen molar-refractivity contribution in [2.24, 2.45) is 5.92 Å². The lowest BCUT2D eigenvalue weighted by Gasteiger charge is -2.46. The maximum Gasteiger partial charge on any atom is 0.0729 e. The van der Waals surface area contributed by atoms with Crippen LogP contribution < -0.4 is 5.32 Å². The summed E-state index contributed by atoms with van der Waals surface area (Å²) in [6.07, 6.45) is 4.62. The average Bonchev–Trinajstić information content (AvgIpc) is 2.50. The number of hydrogen-bond donors (Lipinski definition) is 1. The molecule has 116 valence electrons. The summed E-state index contributed by atoms with van der Waals surface area (Å²) in [5.74, 6) is 4.72. The minimum absolute atomic E-state index is 0.128. The molecular weight excluding hydrogens is 290 g/mol. The van der Waals surface area contributed by atoms with Crippen LogP contribution in [0.25, 0.3) is 0 Å². The number of rotatable bonds is 3. The van der Waals surface area contributed by atoms with Crippen LogP contribution >= 0.6 is 23.5 Å². The van der Waals surface area contributed by atoms with Crippen LogP contribution in [-0.2, 0) is 9.47 Å². The van der Waals surface area contributed by atoms with Gasteiger partial charge >= 0.3 is 0 Å². The van der Waals surface area contributed by atoms with E-state index in [1.54, 1.807) is 0 Å². The number of hydrogen-bond acceptors (Lipinski definition) is 5. The standard InChI is InChI=1S/C15H27NO2S2/c1-16-14(13-11-19-8-9-20-13)12-2-5-18-15(10-12)3-6-17-7-4-15/h12-14,16H,2-11H2,1H3. The van der Waals surface area contributed by atoms with Crippen LogP contribution in [0.4, 0.5) is 0 Å². The topological polar surface area (TPSA) is 30.5 Å². The van der Waals surface area contributed by atoms with Gasteiger partial charge in [0, 0.05) is 48.4 Å². The van der Waals surface area contributed by atoms with Gasteiger partial charge in [0.2, 0.25) is 0 Å². The molecule has 3 saturated heterocycles. The zero-order chi connectivity index (χ0) is 13.8. The van der Waals surface area contributed by atoms with Crippen molar-refractivity contribution in [1.82, 2.24) is 5.32 Å². The Kier molecular flexibility index (Phi) is 5.59. The Morgan fingerprint density at radius 3 is 2.75 bits per heavy atom. The molecule has 1 spiro atoms. The lowest BCUT2D eigenvalue weighted by molar-refractivity contribution is -0.149. The molecule has 0 amide bonds. The SMILES string of the molecule is CNC(C1CCOC2(CCOCC2)C1)C1CSCCS1. The summed E-state index contributed by atoms with van der Waals surface area (Å²) >= 11 is 4.30. The van der Waals surface area contributed by atoms with E-state index in [1.807, 2.05) is 0 Å². The van der Waals surface area contributed by atoms with Crippen LogP contribution in [0.5, 0.6) is 0 Å². The summed E-state index contributed by atoms with van der Waals surface area (Å²) in [4.78, 5) is 0. The smallest absolute Gasteiger partial charge is 0.0729 e. The third kappa shape index (κ3) is 3.49. The van der Waals surface area contributed by atoms with Gasteiger partial charge in [0.15, 0.2) is 0 Å². The molecule has 20 heavy (non-hydrogen) atoms. The van der Waals surface area contributed by atoms with Gasteiger partial charge in [0.25, 0.3) is 0 Å². The first-order valence-electron chi connectivity index (χ1n) is 7.91. The Bertz CT molecular complexity index is 299. The Morgan fingerprint density at radius 2 is 2.05 bits per heavy atom. The van der Waals surface area contributed by atoms with Crippen molar-refractivity contribution in [3.05, 3.63) is 0 Å². The molecule has 0 aromatic carbocycles. The molecule has 3 rings (SSSR count). The summed E-state index contributed by atoms with van der Waals surface area (Å²) in [5.41, 5.74) is 0.128. The average molecular weight is 318 g/mol. The predicted octanol–water partition coefficient (Wildman–Crippen LogP) is 2.40. The second-order valence-corrected chi connectivity index (χ2v) is 8.69. The van der Waals surface area contributed by atoms with Crippen molar-refractivity contribution in [1.29, 1.82) is 0 Å². The molecule has 0 bridgehead atoms. The van der Waals surface area contributed by atoms with Crippen molar-refractivity contribution in [2.45, 2.75) is 42.6 Å². The van der Waals surface area contributed by atoms with E-state index in [0.29, 0.717) is 6.04 Å². The molecule has 3 fully saturated rings. The molecule has 3 aliphatic rings. The summed E-state index contributed by atoms with van der Waals surface area (Å²) in [6, 6.07) is 0.649. The zero-order valence-corrected chi connectivity index (χ0v) is 14.1. The van der Waals surface area contributed by atoms with Crippen LogP contribution in [0.2, 0.25) is 0 Å². The first kappa shape index (κ1) is 15.5. The molecule has 0 aliphatic carbocycles. The Balaban J connectivity index is 1.64. The van der Waals surface area contributed by atoms with Gasteiger partial charge in [-0.15, -0.1) is 0 Å². The lowest BCUT2D eigenvalue weighted by Crippen LogP contribution is -2.52. The van der Waals surface area contributed by atoms with Crippen molar-refractivity contribution in [2.75, 3.05) is 44.1 Å². The van der Waals surface area contributed by atoms with E-state index in [2.05, 4.69) is 35.9 Å². The fraction of sp³-hybridized carbons (Fsp3) is 1.00. The van der Waals surface area contributed by atoms with E-state index in [4.69, 9.17) is 9.47 Å². The maximum atomic E-state index is 6.20. The van der Waals surface area contributed by atoms with Crippen molar-refractivity contribution in [3.63, 3.8) is 0 Å². The minimum Gasteiger partial charge on any atom is -0.381 e. The highest BCUT2D eigenvalue weighted by Gasteiger charge is 2.42. The highest BCUT2D eigenvalue weighted by atomic mass is 32.2. The second kappa shape index (κ2) is 7.23. The van der Waals surface area contributed by atoms with Gasteiger partial charge in [-0.3, -0.25) is 0 Å². The molecule has 3 atom stereocenters. The predicted molar refractivity (Wildman–Crippen MR) is 87.9 cm³/mol. The van der Waals surface area contributed by atoms with Crippen molar-refractivity contribution < 1.29 is 9.47 Å². The number of ether oxygens (including phenoxy) is 2. The van der Waals surface area contributed by atoms with E-state index in [-0.39, 0.29) is 5.60 Å². The molecule has 3 heterocycles. The van der Waals surface area contributed by atoms with Gasteiger partial charge in [-0.05, 0) is 38.6 Å². The minimum atomic E-state index is 0.128. The first-order valence-corrected chi connectivity index (χ1v) is 10.1. The van der Waals surface area contributed by atoms with Gasteiger partial charge in [-0.2, -0.15) is 23.5 Å². The molecule has 1 N–H and O–H groups in total. The molecular formula is C15H27NO2S2. The van der Waals surface area contributed by atoms with Gasteiger partial charge in [-0.1, -0.05) is 0 Å². The Labute approximate surface area is 131 Å². The Morgan fingerprint density at radius 1 is 1.20 bits per heavy atom. The zero-order valence-electron chi connectivity index (χ0n) is 12.4. The van der Waals surface area contributed by atoms with Crippen LogP contribution in [-0.4, -0.2) is 61.0 Å². The summed E-state index contributed by atoms with van der Waals surface area (Å²) in [7, 11) is 2.15. The lowest BCUT2D eigenvalue weighted by atomic mass is 9.77. The molecule has 0 aromatic rings. The monoisotopic (exact) mass is 317 g/mol. The third-order valence-corrected chi connectivity index (χ3v) is 7.90. The fourth-order valence-corrected chi connectivity index (χ4v) is 6.91. The molecule has 0 radical (unpaired) electrons. The van der Waals surface area contributed by atoms with Crippen LogP contribution in [0.3, 0.4) is 0 Å². The summed E-state index contributed by atoms with van der Waals surface area (Å²) < 4.78 is 11.7. The largest absolute Gasteiger partial charge is 0.381 e. The quantitative estimate of drug-likeness (QED) is 0.864. The summed E-state index contributed by atoms with van der Waals surface area (Å²) in [6.45, 7) is 2.70. The third-order valence-electron chi connectivity index (χ3n) is 5.02.